The molecule has 1 rings (SSSR count). The van der Waals surface area contributed by atoms with Gasteiger partial charge in [-0.05, 0) is 13.8 Å². The van der Waals surface area contributed by atoms with Crippen LogP contribution in [0.5, 0.6) is 0 Å². The van der Waals surface area contributed by atoms with Crippen LogP contribution in [-0.4, -0.2) is 54.0 Å². The average molecular weight is 255 g/mol. The SMILES string of the molecule is CC1(C)COCCN1CC(C(=O)O)C(F)(F)F. The molecule has 0 aliphatic carbocycles. The van der Waals surface area contributed by atoms with Gasteiger partial charge in [0, 0.05) is 18.6 Å². The highest BCUT2D eigenvalue weighted by atomic mass is 19.4. The summed E-state index contributed by atoms with van der Waals surface area (Å²) in [6, 6.07) is 0. The third-order valence-electron chi connectivity index (χ3n) is 2.91. The number of nitrogens with zero attached hydrogens (tertiary/aromatic N) is 1. The number of aliphatic carboxylic acids is 1. The Kier molecular flexibility index (Phi) is 4.03. The van der Waals surface area contributed by atoms with E-state index >= 15 is 0 Å². The highest BCUT2D eigenvalue weighted by Crippen LogP contribution is 2.30. The standard InChI is InChI=1S/C10H16F3NO3/c1-9(2)6-17-4-3-14(9)5-7(8(15)16)10(11,12)13/h7H,3-6H2,1-2H3,(H,15,16). The molecule has 7 heteroatoms. The Bertz CT molecular complexity index is 291. The second-order valence-corrected chi connectivity index (χ2v) is 4.74. The molecule has 0 amide bonds. The normalized spacial score (nSPS) is 23.4. The zero-order valence-electron chi connectivity index (χ0n) is 9.75. The Morgan fingerprint density at radius 2 is 2.12 bits per heavy atom. The summed E-state index contributed by atoms with van der Waals surface area (Å²) in [5.41, 5.74) is -0.572. The Labute approximate surface area is 97.3 Å². The first-order valence-corrected chi connectivity index (χ1v) is 5.27. The lowest BCUT2D eigenvalue weighted by molar-refractivity contribution is -0.201. The molecule has 0 spiro atoms. The van der Waals surface area contributed by atoms with Crippen LogP contribution in [0.2, 0.25) is 0 Å². The summed E-state index contributed by atoms with van der Waals surface area (Å²) in [6.07, 6.45) is -4.72. The lowest BCUT2D eigenvalue weighted by Gasteiger charge is -2.43. The minimum atomic E-state index is -4.72. The Hall–Kier alpha value is -0.820. The van der Waals surface area contributed by atoms with E-state index in [0.717, 1.165) is 0 Å². The maximum atomic E-state index is 12.5. The van der Waals surface area contributed by atoms with Crippen molar-refractivity contribution in [3.63, 3.8) is 0 Å². The quantitative estimate of drug-likeness (QED) is 0.827. The molecule has 17 heavy (non-hydrogen) atoms. The monoisotopic (exact) mass is 255 g/mol. The van der Waals surface area contributed by atoms with Crippen molar-refractivity contribution in [2.24, 2.45) is 5.92 Å². The number of hydrogen-bond acceptors (Lipinski definition) is 3. The van der Waals surface area contributed by atoms with Crippen LogP contribution in [0.1, 0.15) is 13.8 Å². The summed E-state index contributed by atoms with van der Waals surface area (Å²) in [7, 11) is 0. The summed E-state index contributed by atoms with van der Waals surface area (Å²) in [4.78, 5) is 12.2. The number of hydrogen-bond donors (Lipinski definition) is 1. The second-order valence-electron chi connectivity index (χ2n) is 4.74. The van der Waals surface area contributed by atoms with Gasteiger partial charge in [-0.15, -0.1) is 0 Å². The first kappa shape index (κ1) is 14.2. The van der Waals surface area contributed by atoms with E-state index in [1.165, 1.54) is 4.90 Å². The Morgan fingerprint density at radius 1 is 1.53 bits per heavy atom. The summed E-state index contributed by atoms with van der Waals surface area (Å²) < 4.78 is 42.8. The fourth-order valence-electron chi connectivity index (χ4n) is 1.77. The second kappa shape index (κ2) is 4.81. The predicted octanol–water partition coefficient (Wildman–Crippen LogP) is 1.36. The van der Waals surface area contributed by atoms with Gasteiger partial charge in [0.1, 0.15) is 0 Å². The molecule has 1 N–H and O–H groups in total. The number of carbonyl (C=O) groups is 1. The fourth-order valence-corrected chi connectivity index (χ4v) is 1.77. The predicted molar refractivity (Wildman–Crippen MR) is 53.7 cm³/mol. The average Bonchev–Trinajstić information content (AvgIpc) is 2.12. The van der Waals surface area contributed by atoms with Gasteiger partial charge in [0.15, 0.2) is 5.92 Å². The zero-order valence-corrected chi connectivity index (χ0v) is 9.75. The number of ether oxygens (including phenoxy) is 1. The smallest absolute Gasteiger partial charge is 0.403 e. The van der Waals surface area contributed by atoms with Crippen molar-refractivity contribution in [1.29, 1.82) is 0 Å². The van der Waals surface area contributed by atoms with Crippen LogP contribution in [-0.2, 0) is 9.53 Å². The maximum absolute atomic E-state index is 12.5. The van der Waals surface area contributed by atoms with Gasteiger partial charge in [-0.2, -0.15) is 13.2 Å². The summed E-state index contributed by atoms with van der Waals surface area (Å²) in [6.45, 7) is 3.88. The molecule has 1 heterocycles. The fraction of sp³-hybridized carbons (Fsp3) is 0.900. The number of halogens is 3. The van der Waals surface area contributed by atoms with E-state index in [-0.39, 0.29) is 0 Å². The van der Waals surface area contributed by atoms with Crippen LogP contribution in [0.15, 0.2) is 0 Å². The molecule has 1 fully saturated rings. The lowest BCUT2D eigenvalue weighted by atomic mass is 9.99. The molecule has 1 atom stereocenters. The zero-order chi connectivity index (χ0) is 13.3. The molecule has 0 radical (unpaired) electrons. The topological polar surface area (TPSA) is 49.8 Å². The molecule has 0 saturated carbocycles. The van der Waals surface area contributed by atoms with Crippen LogP contribution >= 0.6 is 0 Å². The van der Waals surface area contributed by atoms with Crippen molar-refractivity contribution in [3.8, 4) is 0 Å². The number of carboxylic acid groups (broad SMARTS) is 1. The molecular weight excluding hydrogens is 239 g/mol. The van der Waals surface area contributed by atoms with Crippen molar-refractivity contribution >= 4 is 5.97 Å². The van der Waals surface area contributed by atoms with Crippen molar-refractivity contribution in [2.45, 2.75) is 25.6 Å². The van der Waals surface area contributed by atoms with Gasteiger partial charge in [0.05, 0.1) is 13.2 Å². The largest absolute Gasteiger partial charge is 0.481 e. The summed E-state index contributed by atoms with van der Waals surface area (Å²) in [5, 5.41) is 8.63. The molecule has 0 aromatic rings. The summed E-state index contributed by atoms with van der Waals surface area (Å²) >= 11 is 0. The molecule has 0 bridgehead atoms. The van der Waals surface area contributed by atoms with Crippen molar-refractivity contribution in [1.82, 2.24) is 4.90 Å². The van der Waals surface area contributed by atoms with Gasteiger partial charge in [-0.25, -0.2) is 0 Å². The van der Waals surface area contributed by atoms with Gasteiger partial charge in [0.2, 0.25) is 0 Å². The molecule has 0 aromatic heterocycles. The van der Waals surface area contributed by atoms with E-state index in [9.17, 15) is 18.0 Å². The lowest BCUT2D eigenvalue weighted by Crippen LogP contribution is -2.56. The number of carboxylic acids is 1. The van der Waals surface area contributed by atoms with E-state index in [2.05, 4.69) is 0 Å². The van der Waals surface area contributed by atoms with Crippen molar-refractivity contribution < 1.29 is 27.8 Å². The minimum absolute atomic E-state index is 0.303. The molecular formula is C10H16F3NO3. The molecule has 1 aliphatic heterocycles. The Morgan fingerprint density at radius 3 is 2.53 bits per heavy atom. The van der Waals surface area contributed by atoms with Crippen LogP contribution in [0.4, 0.5) is 13.2 Å². The third-order valence-corrected chi connectivity index (χ3v) is 2.91. The van der Waals surface area contributed by atoms with Crippen LogP contribution in [0.25, 0.3) is 0 Å². The number of alkyl halides is 3. The molecule has 0 aromatic carbocycles. The molecule has 1 aliphatic rings. The van der Waals surface area contributed by atoms with E-state index in [4.69, 9.17) is 9.84 Å². The highest BCUT2D eigenvalue weighted by molar-refractivity contribution is 5.71. The molecule has 1 unspecified atom stereocenters. The van der Waals surface area contributed by atoms with Gasteiger partial charge in [0.25, 0.3) is 0 Å². The van der Waals surface area contributed by atoms with Gasteiger partial charge in [-0.3, -0.25) is 9.69 Å². The summed E-state index contributed by atoms with van der Waals surface area (Å²) in [5.74, 6) is -4.18. The maximum Gasteiger partial charge on any atom is 0.403 e. The van der Waals surface area contributed by atoms with Gasteiger partial charge < -0.3 is 9.84 Å². The van der Waals surface area contributed by atoms with Crippen LogP contribution in [0, 0.1) is 5.92 Å². The first-order valence-electron chi connectivity index (χ1n) is 5.27. The van der Waals surface area contributed by atoms with Crippen LogP contribution in [0.3, 0.4) is 0 Å². The van der Waals surface area contributed by atoms with E-state index in [1.807, 2.05) is 0 Å². The van der Waals surface area contributed by atoms with E-state index in [1.54, 1.807) is 13.8 Å². The molecule has 1 saturated heterocycles. The number of rotatable bonds is 3. The van der Waals surface area contributed by atoms with Gasteiger partial charge >= 0.3 is 12.1 Å². The first-order chi connectivity index (χ1) is 7.64. The van der Waals surface area contributed by atoms with Gasteiger partial charge in [-0.1, -0.05) is 0 Å². The minimum Gasteiger partial charge on any atom is -0.481 e. The molecule has 100 valence electrons. The highest BCUT2D eigenvalue weighted by Gasteiger charge is 2.47. The van der Waals surface area contributed by atoms with E-state index in [0.29, 0.717) is 19.8 Å². The van der Waals surface area contributed by atoms with Crippen molar-refractivity contribution in [3.05, 3.63) is 0 Å². The Balaban J connectivity index is 2.76. The van der Waals surface area contributed by atoms with Crippen LogP contribution < -0.4 is 0 Å². The third kappa shape index (κ3) is 3.57. The van der Waals surface area contributed by atoms with Crippen molar-refractivity contribution in [2.75, 3.05) is 26.3 Å². The van der Waals surface area contributed by atoms with E-state index < -0.39 is 30.1 Å². The molecule has 4 nitrogen and oxygen atoms in total. The number of morpholine rings is 1.